The zero-order valence-electron chi connectivity index (χ0n) is 36.9. The summed E-state index contributed by atoms with van der Waals surface area (Å²) >= 11 is 6.56. The van der Waals surface area contributed by atoms with E-state index < -0.39 is 5.91 Å². The zero-order valence-corrected chi connectivity index (χ0v) is 37.6. The smallest absolute Gasteiger partial charge is 0.318 e. The third-order valence-corrected chi connectivity index (χ3v) is 14.1. The molecule has 4 aliphatic heterocycles. The topological polar surface area (TPSA) is 170 Å². The Hall–Kier alpha value is -6.74. The highest BCUT2D eigenvalue weighted by Gasteiger charge is 2.45. The van der Waals surface area contributed by atoms with Crippen molar-refractivity contribution in [3.05, 3.63) is 144 Å². The molecule has 4 fully saturated rings. The fourth-order valence-corrected chi connectivity index (χ4v) is 10.1. The Morgan fingerprint density at radius 1 is 0.738 bits per heavy atom. The molecule has 0 saturated carbocycles. The number of rotatable bonds is 10. The van der Waals surface area contributed by atoms with Gasteiger partial charge in [-0.05, 0) is 55.0 Å². The number of piperidine rings is 1. The number of imidazole rings is 1. The van der Waals surface area contributed by atoms with E-state index >= 15 is 0 Å². The van der Waals surface area contributed by atoms with Crippen molar-refractivity contribution in [2.45, 2.75) is 55.9 Å². The van der Waals surface area contributed by atoms with Crippen LogP contribution in [0.3, 0.4) is 0 Å². The van der Waals surface area contributed by atoms with Crippen molar-refractivity contribution in [1.82, 2.24) is 39.9 Å². The Morgan fingerprint density at radius 2 is 1.34 bits per heavy atom. The van der Waals surface area contributed by atoms with Crippen LogP contribution >= 0.6 is 11.6 Å². The summed E-state index contributed by atoms with van der Waals surface area (Å²) in [6, 6.07) is 26.5. The number of benzene rings is 2. The molecular formula is C49H55ClN12O3. The molecule has 4 N–H and O–H groups in total. The van der Waals surface area contributed by atoms with Crippen molar-refractivity contribution >= 4 is 52.3 Å². The molecular weight excluding hydrogens is 840 g/mol. The largest absolute Gasteiger partial charge is 0.369 e. The van der Waals surface area contributed by atoms with E-state index in [1.807, 2.05) is 41.1 Å². The Kier molecular flexibility index (Phi) is 12.1. The van der Waals surface area contributed by atoms with Gasteiger partial charge in [0.2, 0.25) is 0 Å². The van der Waals surface area contributed by atoms with Gasteiger partial charge in [0.05, 0.1) is 34.3 Å². The number of aromatic nitrogens is 5. The van der Waals surface area contributed by atoms with E-state index in [-0.39, 0.29) is 34.0 Å². The normalized spacial score (nSPS) is 21.4. The van der Waals surface area contributed by atoms with Crippen molar-refractivity contribution in [2.24, 2.45) is 5.73 Å². The van der Waals surface area contributed by atoms with Crippen LogP contribution in [0.4, 0.5) is 22.0 Å². The van der Waals surface area contributed by atoms with Gasteiger partial charge in [-0.2, -0.15) is 0 Å². The molecule has 1 spiro atoms. The molecule has 336 valence electrons. The lowest BCUT2D eigenvalue weighted by Gasteiger charge is -2.39. The van der Waals surface area contributed by atoms with Crippen LogP contribution < -0.4 is 31.1 Å². The summed E-state index contributed by atoms with van der Waals surface area (Å²) in [5, 5.41) is 6.44. The van der Waals surface area contributed by atoms with Crippen molar-refractivity contribution in [3.8, 4) is 0 Å². The molecule has 2 atom stereocenters. The van der Waals surface area contributed by atoms with Crippen LogP contribution in [0.25, 0.3) is 5.65 Å². The highest BCUT2D eigenvalue weighted by molar-refractivity contribution is 6.33. The minimum Gasteiger partial charge on any atom is -0.369 e. The second-order valence-electron chi connectivity index (χ2n) is 18.3. The number of hydrogen-bond donors (Lipinski definition) is 3. The Morgan fingerprint density at radius 3 is 1.94 bits per heavy atom. The maximum atomic E-state index is 13.0. The predicted molar refractivity (Wildman–Crippen MR) is 253 cm³/mol. The van der Waals surface area contributed by atoms with Gasteiger partial charge in [-0.3, -0.25) is 9.59 Å². The molecule has 0 bridgehead atoms. The number of amides is 4. The standard InChI is InChI=1S/C32H36ClN9O2.C17H19N3O/c1-31(23-5-3-2-4-6-23)7-13-41(21-31)24-19-25(33)26(37-20-24)29(43)36-12-18-42-22-32(38-30(42)44)8-14-39(15-9-32)27-28-35-11-17-40(28)16-10-34-27;1-17(13-5-3-2-4-6-13)9-10-20(12-17)14-7-8-15(16(18)21)19-11-14/h2-6,10-11,16-17,19-20H,7-9,12-15,18,21-22H2,1H3,(H,36,43)(H,38,44);2-8,11H,9-10,12H2,1H3,(H2,18,21). The van der Waals surface area contributed by atoms with E-state index in [0.717, 1.165) is 87.8 Å². The second kappa shape index (κ2) is 18.0. The second-order valence-corrected chi connectivity index (χ2v) is 18.7. The highest BCUT2D eigenvalue weighted by atomic mass is 35.5. The summed E-state index contributed by atoms with van der Waals surface area (Å²) in [4.78, 5) is 63.1. The maximum Gasteiger partial charge on any atom is 0.318 e. The van der Waals surface area contributed by atoms with Crippen molar-refractivity contribution in [2.75, 3.05) is 73.6 Å². The number of urea groups is 1. The maximum absolute atomic E-state index is 13.0. The Balaban J connectivity index is 0.000000212. The van der Waals surface area contributed by atoms with E-state index in [2.05, 4.69) is 108 Å². The van der Waals surface area contributed by atoms with Gasteiger partial charge < -0.3 is 40.4 Å². The minimum absolute atomic E-state index is 0.0490. The Bertz CT molecular complexity index is 2660. The van der Waals surface area contributed by atoms with E-state index in [9.17, 15) is 14.4 Å². The number of hydrogen-bond acceptors (Lipinski definition) is 10. The molecule has 4 amide bonds. The van der Waals surface area contributed by atoms with Crippen LogP contribution in [-0.4, -0.2) is 112 Å². The van der Waals surface area contributed by atoms with Crippen LogP contribution in [0.5, 0.6) is 0 Å². The molecule has 0 aliphatic carbocycles. The van der Waals surface area contributed by atoms with Gasteiger partial charge in [0.1, 0.15) is 11.4 Å². The number of nitrogens with one attached hydrogen (secondary N) is 2. The van der Waals surface area contributed by atoms with Gasteiger partial charge in [-0.15, -0.1) is 0 Å². The molecule has 10 rings (SSSR count). The number of nitrogens with zero attached hydrogens (tertiary/aromatic N) is 9. The minimum atomic E-state index is -0.489. The summed E-state index contributed by atoms with van der Waals surface area (Å²) in [5.41, 5.74) is 11.1. The third kappa shape index (κ3) is 9.15. The third-order valence-electron chi connectivity index (χ3n) is 13.8. The highest BCUT2D eigenvalue weighted by Crippen LogP contribution is 2.38. The summed E-state index contributed by atoms with van der Waals surface area (Å²) in [6.07, 6.45) is 14.6. The summed E-state index contributed by atoms with van der Waals surface area (Å²) in [7, 11) is 0. The van der Waals surface area contributed by atoms with Crippen molar-refractivity contribution in [3.63, 3.8) is 0 Å². The predicted octanol–water partition coefficient (Wildman–Crippen LogP) is 6.09. The lowest BCUT2D eigenvalue weighted by molar-refractivity contribution is 0.0944. The molecule has 4 aromatic heterocycles. The van der Waals surface area contributed by atoms with Crippen LogP contribution in [-0.2, 0) is 10.8 Å². The van der Waals surface area contributed by atoms with Crippen molar-refractivity contribution < 1.29 is 14.4 Å². The van der Waals surface area contributed by atoms with E-state index in [4.69, 9.17) is 17.3 Å². The van der Waals surface area contributed by atoms with Gasteiger partial charge in [0.15, 0.2) is 11.5 Å². The van der Waals surface area contributed by atoms with Crippen LogP contribution in [0.15, 0.2) is 116 Å². The van der Waals surface area contributed by atoms with Gasteiger partial charge in [0.25, 0.3) is 11.8 Å². The first-order valence-electron chi connectivity index (χ1n) is 22.3. The molecule has 6 aromatic rings. The van der Waals surface area contributed by atoms with E-state index in [1.165, 1.54) is 11.1 Å². The van der Waals surface area contributed by atoms with Crippen LogP contribution in [0, 0.1) is 0 Å². The lowest BCUT2D eigenvalue weighted by atomic mass is 9.82. The van der Waals surface area contributed by atoms with Gasteiger partial charge >= 0.3 is 6.03 Å². The van der Waals surface area contributed by atoms with Crippen molar-refractivity contribution in [1.29, 1.82) is 0 Å². The molecule has 2 aromatic carbocycles. The first-order chi connectivity index (χ1) is 31.4. The van der Waals surface area contributed by atoms with Gasteiger partial charge in [-0.25, -0.2) is 24.7 Å². The fourth-order valence-electron chi connectivity index (χ4n) is 9.85. The molecule has 2 unspecified atom stereocenters. The first kappa shape index (κ1) is 43.5. The molecule has 65 heavy (non-hydrogen) atoms. The SMILES string of the molecule is CC1(c2ccccc2)CCN(c2ccc(C(N)=O)nc2)C1.CC1(c2ccccc2)CCN(c2cnc(C(=O)NCCN3CC4(CCN(c5nccn6ccnc56)CC4)NC3=O)c(Cl)c2)C1. The number of pyridine rings is 2. The lowest BCUT2D eigenvalue weighted by Crippen LogP contribution is -2.52. The average molecular weight is 896 g/mol. The number of nitrogens with two attached hydrogens (primary N) is 1. The number of carbonyl (C=O) groups is 3. The molecule has 15 nitrogen and oxygen atoms in total. The van der Waals surface area contributed by atoms with Gasteiger partial charge in [-0.1, -0.05) is 86.1 Å². The first-order valence-corrected chi connectivity index (χ1v) is 22.7. The molecule has 16 heteroatoms. The zero-order chi connectivity index (χ0) is 45.2. The summed E-state index contributed by atoms with van der Waals surface area (Å²) in [6.45, 7) is 11.1. The van der Waals surface area contributed by atoms with Gasteiger partial charge in [0, 0.05) is 94.5 Å². The number of fused-ring (bicyclic) bond motifs is 1. The Labute approximate surface area is 384 Å². The summed E-state index contributed by atoms with van der Waals surface area (Å²) in [5.74, 6) is 0.0279. The molecule has 8 heterocycles. The van der Waals surface area contributed by atoms with E-state index in [0.29, 0.717) is 30.4 Å². The molecule has 4 saturated heterocycles. The van der Waals surface area contributed by atoms with E-state index in [1.54, 1.807) is 35.8 Å². The monoisotopic (exact) mass is 894 g/mol. The fraction of sp³-hybridized carbons (Fsp3) is 0.367. The average Bonchev–Trinajstić information content (AvgIpc) is 4.14. The summed E-state index contributed by atoms with van der Waals surface area (Å²) < 4.78 is 1.96. The number of anilines is 3. The number of halogens is 1. The molecule has 4 aliphatic rings. The number of primary amides is 1. The molecule has 0 radical (unpaired) electrons. The van der Waals surface area contributed by atoms with Crippen LogP contribution in [0.2, 0.25) is 5.02 Å². The van der Waals surface area contributed by atoms with Crippen LogP contribution in [0.1, 0.15) is 71.6 Å². The quantitative estimate of drug-likeness (QED) is 0.146. The number of carbonyl (C=O) groups excluding carboxylic acids is 3.